The Labute approximate surface area is 129 Å². The molecule has 19 heavy (non-hydrogen) atoms. The molecule has 0 aromatic rings. The Bertz CT molecular complexity index is 548. The fraction of sp³-hybridized carbons (Fsp3) is 1.00. The standard InChI is InChI=1S/2CH3ClO5S2.Mn/c2*2-8(3,4)1-9(5,6)7;/h2*1H2,(H,5,6,7);/q;;+2/p-2. The SMILES string of the molecule is O=S(=O)([O-])CS(=O)(=O)Cl.O=S(=O)([O-])CS(=O)(=O)Cl.[Mn+2]. The third kappa shape index (κ3) is 32.4. The summed E-state index contributed by atoms with van der Waals surface area (Å²) < 4.78 is 97.1. The summed E-state index contributed by atoms with van der Waals surface area (Å²) in [5.74, 6) is 0. The second-order valence-corrected chi connectivity index (χ2v) is 11.5. The largest absolute Gasteiger partial charge is 2.00 e. The maximum atomic E-state index is 9.83. The van der Waals surface area contributed by atoms with Gasteiger partial charge in [-0.2, -0.15) is 0 Å². The first-order valence-corrected chi connectivity index (χ1v) is 11.2. The van der Waals surface area contributed by atoms with Gasteiger partial charge >= 0.3 is 17.1 Å². The van der Waals surface area contributed by atoms with Gasteiger partial charge in [-0.15, -0.1) is 0 Å². The first-order valence-electron chi connectivity index (χ1n) is 3.13. The van der Waals surface area contributed by atoms with Crippen molar-refractivity contribution in [1.29, 1.82) is 0 Å². The number of hydrogen-bond acceptors (Lipinski definition) is 10. The zero-order chi connectivity index (χ0) is 15.4. The average Bonchev–Trinajstić information content (AvgIpc) is 1.64. The maximum Gasteiger partial charge on any atom is 2.00 e. The molecule has 0 heterocycles. The van der Waals surface area contributed by atoms with E-state index in [0.717, 1.165) is 0 Å². The summed E-state index contributed by atoms with van der Waals surface area (Å²) in [5, 5.41) is -3.11. The van der Waals surface area contributed by atoms with E-state index < -0.39 is 48.5 Å². The third-order valence-corrected chi connectivity index (χ3v) is 6.74. The Hall–Kier alpha value is 0.819. The first-order chi connectivity index (χ1) is 7.41. The van der Waals surface area contributed by atoms with Gasteiger partial charge in [0.2, 0.25) is 18.1 Å². The molecule has 17 heteroatoms. The van der Waals surface area contributed by atoms with Crippen LogP contribution in [0.15, 0.2) is 0 Å². The van der Waals surface area contributed by atoms with Crippen LogP contribution in [0, 0.1) is 0 Å². The van der Waals surface area contributed by atoms with Gasteiger partial charge < -0.3 is 9.11 Å². The summed E-state index contributed by atoms with van der Waals surface area (Å²) in [4.78, 5) is 0. The molecular formula is C2H4Cl2MnO10S4. The molecule has 0 spiro atoms. The maximum absolute atomic E-state index is 9.83. The monoisotopic (exact) mass is 441 g/mol. The molecule has 0 aliphatic heterocycles. The normalized spacial score (nSPS) is 12.8. The van der Waals surface area contributed by atoms with Crippen LogP contribution < -0.4 is 0 Å². The van der Waals surface area contributed by atoms with E-state index in [-0.39, 0.29) is 17.1 Å². The zero-order valence-corrected chi connectivity index (χ0v) is 14.2. The molecule has 0 N–H and O–H groups in total. The fourth-order valence-corrected chi connectivity index (χ4v) is 5.07. The molecule has 0 aromatic carbocycles. The minimum absolute atomic E-state index is 0. The van der Waals surface area contributed by atoms with E-state index in [4.69, 9.17) is 0 Å². The molecule has 0 bridgehead atoms. The van der Waals surface area contributed by atoms with Crippen molar-refractivity contribution >= 4 is 59.7 Å². The van der Waals surface area contributed by atoms with Crippen LogP contribution in [0.4, 0.5) is 0 Å². The van der Waals surface area contributed by atoms with Gasteiger partial charge in [-0.05, 0) is 0 Å². The van der Waals surface area contributed by atoms with Crippen molar-refractivity contribution in [2.45, 2.75) is 0 Å². The smallest absolute Gasteiger partial charge is 0.747 e. The molecule has 1 radical (unpaired) electrons. The van der Waals surface area contributed by atoms with Crippen LogP contribution in [0.5, 0.6) is 0 Å². The van der Waals surface area contributed by atoms with E-state index in [0.29, 0.717) is 0 Å². The number of rotatable bonds is 4. The summed E-state index contributed by atoms with van der Waals surface area (Å²) in [6, 6.07) is 0. The van der Waals surface area contributed by atoms with Gasteiger partial charge in [-0.3, -0.25) is 0 Å². The molecule has 0 aliphatic rings. The first kappa shape index (κ1) is 24.8. The van der Waals surface area contributed by atoms with Crippen LogP contribution in [-0.2, 0) is 55.4 Å². The second kappa shape index (κ2) is 8.31. The van der Waals surface area contributed by atoms with E-state index in [1.54, 1.807) is 0 Å². The van der Waals surface area contributed by atoms with Crippen LogP contribution in [0.3, 0.4) is 0 Å². The van der Waals surface area contributed by atoms with Crippen molar-refractivity contribution in [3.63, 3.8) is 0 Å². The van der Waals surface area contributed by atoms with Crippen LogP contribution in [-0.4, -0.2) is 52.9 Å². The van der Waals surface area contributed by atoms with E-state index in [2.05, 4.69) is 21.4 Å². The summed E-state index contributed by atoms with van der Waals surface area (Å²) in [6.45, 7) is 0. The molecule has 0 saturated carbocycles. The fourth-order valence-electron chi connectivity index (χ4n) is 0.345. The number of hydrogen-bond donors (Lipinski definition) is 0. The predicted octanol–water partition coefficient (Wildman–Crippen LogP) is -1.89. The van der Waals surface area contributed by atoms with E-state index in [9.17, 15) is 42.8 Å². The Morgan fingerprint density at radius 3 is 0.789 bits per heavy atom. The summed E-state index contributed by atoms with van der Waals surface area (Å²) >= 11 is 0. The number of halogens is 2. The summed E-state index contributed by atoms with van der Waals surface area (Å²) in [6.07, 6.45) is 0. The quantitative estimate of drug-likeness (QED) is 0.271. The Morgan fingerprint density at radius 2 is 0.789 bits per heavy atom. The van der Waals surface area contributed by atoms with Gasteiger partial charge in [0.05, 0.1) is 0 Å². The molecule has 0 aliphatic carbocycles. The Morgan fingerprint density at radius 1 is 0.632 bits per heavy atom. The van der Waals surface area contributed by atoms with E-state index >= 15 is 0 Å². The predicted molar refractivity (Wildman–Crippen MR) is 58.7 cm³/mol. The van der Waals surface area contributed by atoms with Gasteiger partial charge in [0.1, 0.15) is 20.2 Å². The van der Waals surface area contributed by atoms with E-state index in [1.165, 1.54) is 0 Å². The molecule has 0 rings (SSSR count). The van der Waals surface area contributed by atoms with Crippen molar-refractivity contribution in [2.24, 2.45) is 0 Å². The van der Waals surface area contributed by atoms with Crippen molar-refractivity contribution < 1.29 is 59.8 Å². The van der Waals surface area contributed by atoms with E-state index in [1.807, 2.05) is 0 Å². The second-order valence-electron chi connectivity index (χ2n) is 2.43. The van der Waals surface area contributed by atoms with Crippen molar-refractivity contribution in [2.75, 3.05) is 10.2 Å². The molecular weight excluding hydrogens is 438 g/mol. The van der Waals surface area contributed by atoms with Crippen LogP contribution in [0.25, 0.3) is 0 Å². The topological polar surface area (TPSA) is 183 Å². The molecule has 0 atom stereocenters. The molecule has 117 valence electrons. The minimum Gasteiger partial charge on any atom is -0.747 e. The van der Waals surface area contributed by atoms with Gasteiger partial charge in [0.25, 0.3) is 0 Å². The minimum atomic E-state index is -4.75. The average molecular weight is 442 g/mol. The zero-order valence-electron chi connectivity index (χ0n) is 8.26. The van der Waals surface area contributed by atoms with Crippen molar-refractivity contribution in [3.8, 4) is 0 Å². The Kier molecular flexibility index (Phi) is 10.8. The molecule has 0 amide bonds. The van der Waals surface area contributed by atoms with Gasteiger partial charge in [-0.1, -0.05) is 0 Å². The summed E-state index contributed by atoms with van der Waals surface area (Å²) in [7, 11) is -9.10. The van der Waals surface area contributed by atoms with Gasteiger partial charge in [0, 0.05) is 21.4 Å². The molecule has 0 saturated heterocycles. The van der Waals surface area contributed by atoms with Gasteiger partial charge in [-0.25, -0.2) is 33.7 Å². The van der Waals surface area contributed by atoms with Gasteiger partial charge in [0.15, 0.2) is 10.2 Å². The van der Waals surface area contributed by atoms with Crippen LogP contribution in [0.2, 0.25) is 0 Å². The van der Waals surface area contributed by atoms with Crippen molar-refractivity contribution in [3.05, 3.63) is 0 Å². The van der Waals surface area contributed by atoms with Crippen LogP contribution >= 0.6 is 21.4 Å². The Balaban J connectivity index is -0.000000256. The third-order valence-electron chi connectivity index (χ3n) is 0.570. The van der Waals surface area contributed by atoms with Crippen LogP contribution in [0.1, 0.15) is 0 Å². The molecule has 10 nitrogen and oxygen atoms in total. The molecule has 0 aromatic heterocycles. The molecule has 0 fully saturated rings. The summed E-state index contributed by atoms with van der Waals surface area (Å²) in [5.41, 5.74) is 0. The molecule has 0 unspecified atom stereocenters. The van der Waals surface area contributed by atoms with Crippen molar-refractivity contribution in [1.82, 2.24) is 0 Å².